The summed E-state index contributed by atoms with van der Waals surface area (Å²) in [5.74, 6) is 0.448. The average Bonchev–Trinajstić information content (AvgIpc) is 3.29. The number of halogens is 1. The van der Waals surface area contributed by atoms with Gasteiger partial charge in [-0.15, -0.1) is 0 Å². The van der Waals surface area contributed by atoms with Crippen molar-refractivity contribution in [1.82, 2.24) is 25.3 Å². The molecule has 0 bridgehead atoms. The smallest absolute Gasteiger partial charge is 0.263 e. The highest BCUT2D eigenvalue weighted by atomic mass is 19.1. The standard InChI is InChI=1S/C23H27FN6O3/c24-18-3-1-2-17(14-18)20-19-21(26-15-27-23(19)33-28-20)30-7-4-16(5-8-30)22(31)25-6-9-29-10-12-32-13-11-29/h1-3,14-16H,4-13H2,(H,25,31). The van der Waals surface area contributed by atoms with Crippen molar-refractivity contribution in [1.29, 1.82) is 0 Å². The molecule has 33 heavy (non-hydrogen) atoms. The van der Waals surface area contributed by atoms with Crippen LogP contribution >= 0.6 is 0 Å². The normalized spacial score (nSPS) is 18.0. The molecule has 0 spiro atoms. The Kier molecular flexibility index (Phi) is 6.45. The topological polar surface area (TPSA) is 96.6 Å². The zero-order valence-corrected chi connectivity index (χ0v) is 18.4. The number of amides is 1. The minimum Gasteiger partial charge on any atom is -0.379 e. The summed E-state index contributed by atoms with van der Waals surface area (Å²) in [5, 5.41) is 7.88. The molecule has 2 saturated heterocycles. The second-order valence-corrected chi connectivity index (χ2v) is 8.43. The molecule has 1 amide bonds. The Balaban J connectivity index is 1.23. The Morgan fingerprint density at radius 2 is 1.97 bits per heavy atom. The number of carbonyl (C=O) groups excluding carboxylic acids is 1. The zero-order valence-electron chi connectivity index (χ0n) is 18.4. The van der Waals surface area contributed by atoms with Crippen LogP contribution in [-0.4, -0.2) is 78.4 Å². The Morgan fingerprint density at radius 1 is 1.15 bits per heavy atom. The monoisotopic (exact) mass is 454 g/mol. The van der Waals surface area contributed by atoms with Gasteiger partial charge in [-0.3, -0.25) is 9.69 Å². The minimum absolute atomic E-state index is 0.0200. The molecule has 1 aromatic carbocycles. The predicted octanol–water partition coefficient (Wildman–Crippen LogP) is 2.09. The summed E-state index contributed by atoms with van der Waals surface area (Å²) < 4.78 is 24.5. The van der Waals surface area contributed by atoms with Gasteiger partial charge < -0.3 is 19.5 Å². The van der Waals surface area contributed by atoms with Crippen LogP contribution in [-0.2, 0) is 9.53 Å². The van der Waals surface area contributed by atoms with Gasteiger partial charge in [0.25, 0.3) is 5.71 Å². The molecule has 0 atom stereocenters. The van der Waals surface area contributed by atoms with E-state index in [9.17, 15) is 9.18 Å². The predicted molar refractivity (Wildman–Crippen MR) is 120 cm³/mol. The molecule has 2 aliphatic rings. The van der Waals surface area contributed by atoms with E-state index in [0.717, 1.165) is 45.7 Å². The van der Waals surface area contributed by atoms with Crippen molar-refractivity contribution in [2.24, 2.45) is 5.92 Å². The molecule has 0 aliphatic carbocycles. The lowest BCUT2D eigenvalue weighted by Crippen LogP contribution is -2.44. The molecule has 174 valence electrons. The highest BCUT2D eigenvalue weighted by Crippen LogP contribution is 2.34. The minimum atomic E-state index is -0.345. The van der Waals surface area contributed by atoms with Crippen molar-refractivity contribution >= 4 is 22.8 Å². The quantitative estimate of drug-likeness (QED) is 0.605. The van der Waals surface area contributed by atoms with Gasteiger partial charge >= 0.3 is 0 Å². The van der Waals surface area contributed by atoms with Crippen LogP contribution in [0.1, 0.15) is 12.8 Å². The number of hydrogen-bond donors (Lipinski definition) is 1. The lowest BCUT2D eigenvalue weighted by Gasteiger charge is -2.32. The summed E-state index contributed by atoms with van der Waals surface area (Å²) in [7, 11) is 0. The number of rotatable bonds is 6. The fraction of sp³-hybridized carbons (Fsp3) is 0.478. The van der Waals surface area contributed by atoms with E-state index < -0.39 is 0 Å². The van der Waals surface area contributed by atoms with Gasteiger partial charge in [-0.2, -0.15) is 4.98 Å². The average molecular weight is 455 g/mol. The Hall–Kier alpha value is -3.11. The molecule has 0 radical (unpaired) electrons. The van der Waals surface area contributed by atoms with Crippen LogP contribution < -0.4 is 10.2 Å². The zero-order chi connectivity index (χ0) is 22.6. The number of fused-ring (bicyclic) bond motifs is 1. The van der Waals surface area contributed by atoms with Gasteiger partial charge in [0.2, 0.25) is 5.91 Å². The van der Waals surface area contributed by atoms with Crippen LogP contribution in [0.15, 0.2) is 35.1 Å². The number of aromatic nitrogens is 3. The van der Waals surface area contributed by atoms with Crippen LogP contribution in [0.4, 0.5) is 10.2 Å². The van der Waals surface area contributed by atoms with Crippen LogP contribution in [0.3, 0.4) is 0 Å². The van der Waals surface area contributed by atoms with Crippen molar-refractivity contribution < 1.29 is 18.4 Å². The first-order chi connectivity index (χ1) is 16.2. The van der Waals surface area contributed by atoms with Crippen LogP contribution in [0.25, 0.3) is 22.4 Å². The maximum absolute atomic E-state index is 13.8. The third kappa shape index (κ3) is 4.81. The first-order valence-electron chi connectivity index (χ1n) is 11.4. The summed E-state index contributed by atoms with van der Waals surface area (Å²) >= 11 is 0. The van der Waals surface area contributed by atoms with E-state index in [0.29, 0.717) is 47.8 Å². The molecular weight excluding hydrogens is 427 g/mol. The fourth-order valence-electron chi connectivity index (χ4n) is 4.50. The molecule has 2 aliphatic heterocycles. The van der Waals surface area contributed by atoms with E-state index in [1.165, 1.54) is 18.5 Å². The first-order valence-corrected chi connectivity index (χ1v) is 11.4. The molecular formula is C23H27FN6O3. The lowest BCUT2D eigenvalue weighted by atomic mass is 9.95. The molecule has 9 nitrogen and oxygen atoms in total. The van der Waals surface area contributed by atoms with Gasteiger partial charge in [0.15, 0.2) is 0 Å². The van der Waals surface area contributed by atoms with Crippen LogP contribution in [0, 0.1) is 11.7 Å². The highest BCUT2D eigenvalue weighted by molar-refractivity contribution is 5.98. The lowest BCUT2D eigenvalue weighted by molar-refractivity contribution is -0.125. The number of morpholine rings is 1. The van der Waals surface area contributed by atoms with Crippen molar-refractivity contribution in [3.63, 3.8) is 0 Å². The van der Waals surface area contributed by atoms with E-state index >= 15 is 0 Å². The summed E-state index contributed by atoms with van der Waals surface area (Å²) in [6.45, 7) is 6.23. The van der Waals surface area contributed by atoms with Crippen LogP contribution in [0.5, 0.6) is 0 Å². The SMILES string of the molecule is O=C(NCCN1CCOCC1)C1CCN(c2ncnc3onc(-c4cccc(F)c4)c23)CC1. The summed E-state index contributed by atoms with van der Waals surface area (Å²) in [5.41, 5.74) is 1.49. The number of piperidine rings is 1. The number of hydrogen-bond acceptors (Lipinski definition) is 8. The van der Waals surface area contributed by atoms with Crippen molar-refractivity contribution in [2.45, 2.75) is 12.8 Å². The summed E-state index contributed by atoms with van der Waals surface area (Å²) in [6, 6.07) is 6.23. The molecule has 0 unspecified atom stereocenters. The van der Waals surface area contributed by atoms with Gasteiger partial charge in [-0.05, 0) is 25.0 Å². The molecule has 0 saturated carbocycles. The Labute approximate surface area is 190 Å². The maximum atomic E-state index is 13.8. The van der Waals surface area contributed by atoms with Gasteiger partial charge in [0.1, 0.15) is 29.0 Å². The Bertz CT molecular complexity index is 1110. The van der Waals surface area contributed by atoms with Crippen molar-refractivity contribution in [3.8, 4) is 11.3 Å². The Morgan fingerprint density at radius 3 is 2.76 bits per heavy atom. The van der Waals surface area contributed by atoms with Crippen molar-refractivity contribution in [3.05, 3.63) is 36.4 Å². The number of ether oxygens (including phenoxy) is 1. The molecule has 4 heterocycles. The second-order valence-electron chi connectivity index (χ2n) is 8.43. The maximum Gasteiger partial charge on any atom is 0.263 e. The molecule has 5 rings (SSSR count). The summed E-state index contributed by atoms with van der Waals surface area (Å²) in [4.78, 5) is 25.8. The van der Waals surface area contributed by atoms with E-state index in [4.69, 9.17) is 9.26 Å². The fourth-order valence-corrected chi connectivity index (χ4v) is 4.50. The second kappa shape index (κ2) is 9.80. The van der Waals surface area contributed by atoms with Gasteiger partial charge in [0, 0.05) is 50.7 Å². The van der Waals surface area contributed by atoms with Crippen molar-refractivity contribution in [2.75, 3.05) is 57.4 Å². The number of nitrogens with one attached hydrogen (secondary N) is 1. The molecule has 1 N–H and O–H groups in total. The van der Waals surface area contributed by atoms with E-state index in [1.807, 2.05) is 0 Å². The number of anilines is 1. The number of nitrogens with zero attached hydrogens (tertiary/aromatic N) is 5. The van der Waals surface area contributed by atoms with Gasteiger partial charge in [-0.25, -0.2) is 9.37 Å². The highest BCUT2D eigenvalue weighted by Gasteiger charge is 2.28. The van der Waals surface area contributed by atoms with E-state index in [2.05, 4.69) is 30.2 Å². The first kappa shape index (κ1) is 21.7. The van der Waals surface area contributed by atoms with Crippen LogP contribution in [0.2, 0.25) is 0 Å². The number of benzene rings is 1. The molecule has 10 heteroatoms. The third-order valence-electron chi connectivity index (χ3n) is 6.35. The van der Waals surface area contributed by atoms with Gasteiger partial charge in [0.05, 0.1) is 13.2 Å². The molecule has 3 aromatic rings. The van der Waals surface area contributed by atoms with Gasteiger partial charge in [-0.1, -0.05) is 17.3 Å². The van der Waals surface area contributed by atoms with E-state index in [1.54, 1.807) is 12.1 Å². The third-order valence-corrected chi connectivity index (χ3v) is 6.35. The molecule has 2 aromatic heterocycles. The molecule has 2 fully saturated rings. The number of carbonyl (C=O) groups is 1. The largest absolute Gasteiger partial charge is 0.379 e. The van der Waals surface area contributed by atoms with E-state index in [-0.39, 0.29) is 17.6 Å². The summed E-state index contributed by atoms with van der Waals surface area (Å²) in [6.07, 6.45) is 2.91.